The smallest absolute Gasteiger partial charge is 0.133 e. The fraction of sp³-hybridized carbons (Fsp3) is 0.667. The molecule has 5 nitrogen and oxygen atoms in total. The number of aryl methyl sites for hydroxylation is 2. The number of aliphatic imine (C=N–C) groups is 2. The van der Waals surface area contributed by atoms with Crippen LogP contribution in [0.4, 0.5) is 0 Å². The fourth-order valence-electron chi connectivity index (χ4n) is 5.86. The Morgan fingerprint density at radius 1 is 1.07 bits per heavy atom. The molecule has 2 aliphatic heterocycles. The van der Waals surface area contributed by atoms with E-state index in [0.29, 0.717) is 35.9 Å². The molecule has 0 bridgehead atoms. The van der Waals surface area contributed by atoms with Crippen molar-refractivity contribution in [1.29, 1.82) is 0 Å². The van der Waals surface area contributed by atoms with Gasteiger partial charge in [-0.05, 0) is 113 Å². The largest absolute Gasteiger partial charge is 0.317 e. The average molecular weight is 570 g/mol. The molecule has 2 heterocycles. The minimum atomic E-state index is 0. The lowest BCUT2D eigenvalue weighted by molar-refractivity contribution is -0.120. The van der Waals surface area contributed by atoms with Crippen LogP contribution in [-0.2, 0) is 16.0 Å². The third-order valence-corrected chi connectivity index (χ3v) is 8.54. The predicted molar refractivity (Wildman–Crippen MR) is 181 cm³/mol. The Hall–Kier alpha value is -2.40. The Kier molecular flexibility index (Phi) is 17.6. The molecular weight excluding hydrogens is 506 g/mol. The number of carbonyl (C=O) groups is 2. The van der Waals surface area contributed by atoms with Gasteiger partial charge in [0.05, 0.1) is 0 Å². The summed E-state index contributed by atoms with van der Waals surface area (Å²) in [5.41, 5.74) is 5.13. The van der Waals surface area contributed by atoms with Crippen molar-refractivity contribution in [2.45, 2.75) is 107 Å². The van der Waals surface area contributed by atoms with E-state index in [0.717, 1.165) is 25.2 Å². The van der Waals surface area contributed by atoms with Crippen molar-refractivity contribution >= 4 is 24.0 Å². The maximum absolute atomic E-state index is 12.7. The lowest BCUT2D eigenvalue weighted by Crippen LogP contribution is -2.26. The standard InChI is InChI=1S/C26H36N2O.C6H13N.C3H6O.CH4.2H2/c1-18-8-5-6-10-22(18)12-13-24(29)15-21-9-7-11-23(14-21)26-25(17-27-4)20(3)19(2)16-28-26;1-6-2-4-7-5-3-6;1-3(2)4;;;/h5-6,8,10,16-17,19-21,23H,7,9,11-15H2,1-4H3;6-7H,2-5H2,1H3;1-2H3;1H4;2*1H/t19?,20?,21-,23?;;;;;/m1...../s1. The number of hydrogen-bond acceptors (Lipinski definition) is 5. The highest BCUT2D eigenvalue weighted by Crippen LogP contribution is 2.40. The summed E-state index contributed by atoms with van der Waals surface area (Å²) in [6.07, 6.45) is 13.8. The lowest BCUT2D eigenvalue weighted by Gasteiger charge is -2.33. The van der Waals surface area contributed by atoms with Crippen molar-refractivity contribution in [3.63, 3.8) is 0 Å². The van der Waals surface area contributed by atoms with Crippen LogP contribution in [0, 0.1) is 36.5 Å². The van der Waals surface area contributed by atoms with Gasteiger partial charge < -0.3 is 10.1 Å². The molecule has 1 aliphatic carbocycles. The molecule has 0 radical (unpaired) electrons. The van der Waals surface area contributed by atoms with Gasteiger partial charge in [0.2, 0.25) is 0 Å². The lowest BCUT2D eigenvalue weighted by atomic mass is 9.74. The number of ketones is 2. The Morgan fingerprint density at radius 2 is 1.73 bits per heavy atom. The number of rotatable bonds is 7. The second kappa shape index (κ2) is 19.7. The molecule has 0 aromatic heterocycles. The Bertz CT molecular complexity index is 1030. The van der Waals surface area contributed by atoms with Gasteiger partial charge in [-0.2, -0.15) is 0 Å². The van der Waals surface area contributed by atoms with Crippen LogP contribution in [0.2, 0.25) is 0 Å². The zero-order valence-electron chi connectivity index (χ0n) is 26.3. The van der Waals surface area contributed by atoms with Gasteiger partial charge in [-0.25, -0.2) is 0 Å². The molecule has 0 spiro atoms. The molecule has 3 unspecified atom stereocenters. The number of allylic oxidation sites excluding steroid dienone is 2. The summed E-state index contributed by atoms with van der Waals surface area (Å²) >= 11 is 0. The van der Waals surface area contributed by atoms with Gasteiger partial charge in [0.15, 0.2) is 0 Å². The number of Topliss-reactive ketones (excluding diaryl/α,β-unsaturated/α-hetero) is 2. The normalized spacial score (nSPS) is 24.5. The van der Waals surface area contributed by atoms with Crippen LogP contribution in [0.25, 0.3) is 0 Å². The maximum Gasteiger partial charge on any atom is 0.133 e. The van der Waals surface area contributed by atoms with E-state index in [4.69, 9.17) is 4.99 Å². The van der Waals surface area contributed by atoms with Gasteiger partial charge in [0.1, 0.15) is 11.6 Å². The van der Waals surface area contributed by atoms with Gasteiger partial charge >= 0.3 is 0 Å². The zero-order valence-corrected chi connectivity index (χ0v) is 26.3. The third kappa shape index (κ3) is 13.4. The van der Waals surface area contributed by atoms with E-state index in [-0.39, 0.29) is 16.1 Å². The van der Waals surface area contributed by atoms with E-state index in [2.05, 4.69) is 68.5 Å². The average Bonchev–Trinajstić information content (AvgIpc) is 2.92. The van der Waals surface area contributed by atoms with Crippen LogP contribution in [0.3, 0.4) is 0 Å². The fourth-order valence-corrected chi connectivity index (χ4v) is 5.86. The van der Waals surface area contributed by atoms with E-state index in [1.54, 1.807) is 0 Å². The van der Waals surface area contributed by atoms with Crippen molar-refractivity contribution in [3.05, 3.63) is 46.7 Å². The SMILES string of the molecule is C.CC(C)=O.CC1CCNCC1.CN=CC1=C(C2CCC[C@@H](CC(=O)CCc3ccccc3C)C2)N=CC(C)C1C.[HH].[HH]. The summed E-state index contributed by atoms with van der Waals surface area (Å²) in [5.74, 6) is 3.43. The van der Waals surface area contributed by atoms with E-state index >= 15 is 0 Å². The third-order valence-electron chi connectivity index (χ3n) is 8.54. The van der Waals surface area contributed by atoms with Gasteiger partial charge in [0.25, 0.3) is 0 Å². The second-order valence-electron chi connectivity index (χ2n) is 12.4. The summed E-state index contributed by atoms with van der Waals surface area (Å²) < 4.78 is 0. The predicted octanol–water partition coefficient (Wildman–Crippen LogP) is 8.73. The topological polar surface area (TPSA) is 70.9 Å². The molecule has 2 fully saturated rings. The Labute approximate surface area is 254 Å². The molecule has 41 heavy (non-hydrogen) atoms. The number of nitrogens with zero attached hydrogens (tertiary/aromatic N) is 2. The number of benzene rings is 1. The second-order valence-corrected chi connectivity index (χ2v) is 12.4. The Morgan fingerprint density at radius 3 is 2.32 bits per heavy atom. The van der Waals surface area contributed by atoms with E-state index in [1.165, 1.54) is 81.4 Å². The van der Waals surface area contributed by atoms with E-state index < -0.39 is 0 Å². The van der Waals surface area contributed by atoms with Gasteiger partial charge in [-0.1, -0.05) is 58.9 Å². The van der Waals surface area contributed by atoms with Crippen LogP contribution in [0.1, 0.15) is 107 Å². The summed E-state index contributed by atoms with van der Waals surface area (Å²) in [6, 6.07) is 8.40. The Balaban J connectivity index is 0. The molecule has 1 aromatic rings. The quantitative estimate of drug-likeness (QED) is 0.334. The molecular formula is C36H63N3O2. The first-order valence-corrected chi connectivity index (χ1v) is 15.6. The van der Waals surface area contributed by atoms with Crippen LogP contribution in [-0.4, -0.2) is 44.1 Å². The van der Waals surface area contributed by atoms with Crippen LogP contribution >= 0.6 is 0 Å². The molecule has 1 N–H and O–H groups in total. The van der Waals surface area contributed by atoms with Crippen LogP contribution in [0.5, 0.6) is 0 Å². The molecule has 1 saturated heterocycles. The maximum atomic E-state index is 12.7. The summed E-state index contributed by atoms with van der Waals surface area (Å²) in [5, 5.41) is 3.32. The molecule has 5 heteroatoms. The first-order valence-electron chi connectivity index (χ1n) is 15.6. The van der Waals surface area contributed by atoms with Gasteiger partial charge in [-0.3, -0.25) is 14.8 Å². The van der Waals surface area contributed by atoms with Crippen molar-refractivity contribution in [2.24, 2.45) is 39.6 Å². The zero-order chi connectivity index (χ0) is 29.5. The van der Waals surface area contributed by atoms with Crippen molar-refractivity contribution in [1.82, 2.24) is 5.32 Å². The highest BCUT2D eigenvalue weighted by molar-refractivity contribution is 5.84. The minimum Gasteiger partial charge on any atom is -0.317 e. The van der Waals surface area contributed by atoms with Gasteiger partial charge in [-0.15, -0.1) is 0 Å². The van der Waals surface area contributed by atoms with Crippen molar-refractivity contribution < 1.29 is 12.4 Å². The summed E-state index contributed by atoms with van der Waals surface area (Å²) in [6.45, 7) is 14.5. The monoisotopic (exact) mass is 569 g/mol. The molecule has 1 saturated carbocycles. The molecule has 4 atom stereocenters. The van der Waals surface area contributed by atoms with E-state index in [9.17, 15) is 9.59 Å². The number of nitrogens with one attached hydrogen (secondary N) is 1. The number of piperidine rings is 1. The molecule has 1 aromatic carbocycles. The molecule has 4 rings (SSSR count). The highest BCUT2D eigenvalue weighted by atomic mass is 16.1. The number of hydrogen-bond donors (Lipinski definition) is 1. The van der Waals surface area contributed by atoms with Crippen molar-refractivity contribution in [3.8, 4) is 0 Å². The molecule has 0 amide bonds. The summed E-state index contributed by atoms with van der Waals surface area (Å²) in [4.78, 5) is 31.3. The summed E-state index contributed by atoms with van der Waals surface area (Å²) in [7, 11) is 1.84. The van der Waals surface area contributed by atoms with Crippen molar-refractivity contribution in [2.75, 3.05) is 20.1 Å². The van der Waals surface area contributed by atoms with Crippen LogP contribution < -0.4 is 5.32 Å². The molecule has 3 aliphatic rings. The first kappa shape index (κ1) is 36.6. The van der Waals surface area contributed by atoms with E-state index in [1.807, 2.05) is 13.3 Å². The first-order chi connectivity index (χ1) is 19.1. The minimum absolute atomic E-state index is 0. The molecule has 234 valence electrons. The number of carbonyl (C=O) groups excluding carboxylic acids is 2. The highest BCUT2D eigenvalue weighted by Gasteiger charge is 2.31. The van der Waals surface area contributed by atoms with Gasteiger partial charge in [0, 0.05) is 46.8 Å². The van der Waals surface area contributed by atoms with Crippen LogP contribution in [0.15, 0.2) is 45.5 Å².